The van der Waals surface area contributed by atoms with Gasteiger partial charge in [-0.25, -0.2) is 4.79 Å². The van der Waals surface area contributed by atoms with Gasteiger partial charge >= 0.3 is 6.09 Å². The van der Waals surface area contributed by atoms with Crippen LogP contribution in [0.15, 0.2) is 0 Å². The minimum absolute atomic E-state index is 0.211. The summed E-state index contributed by atoms with van der Waals surface area (Å²) in [7, 11) is 0.526. The van der Waals surface area contributed by atoms with Gasteiger partial charge in [0.25, 0.3) is 0 Å². The Kier molecular flexibility index (Phi) is 7.35. The Morgan fingerprint density at radius 2 is 1.91 bits per heavy atom. The fourth-order valence-corrected chi connectivity index (χ4v) is 3.66. The normalized spacial score (nSPS) is 19.5. The van der Waals surface area contributed by atoms with Gasteiger partial charge in [-0.1, -0.05) is 38.9 Å². The maximum atomic E-state index is 11.9. The molecule has 1 aliphatic carbocycles. The van der Waals surface area contributed by atoms with Crippen LogP contribution < -0.4 is 5.73 Å². The number of hydrogen-bond acceptors (Lipinski definition) is 4. The first-order valence-corrected chi connectivity index (χ1v) is 12.2. The molecule has 6 heteroatoms. The largest absolute Gasteiger partial charge is 0.450 e. The van der Waals surface area contributed by atoms with Crippen molar-refractivity contribution in [2.45, 2.75) is 75.9 Å². The number of rotatable bonds is 7. The lowest BCUT2D eigenvalue weighted by Gasteiger charge is -2.35. The van der Waals surface area contributed by atoms with Crippen molar-refractivity contribution < 1.29 is 14.6 Å². The van der Waals surface area contributed by atoms with Gasteiger partial charge in [-0.15, -0.1) is 0 Å². The van der Waals surface area contributed by atoms with Crippen LogP contribution in [0.4, 0.5) is 4.79 Å². The van der Waals surface area contributed by atoms with E-state index in [1.165, 1.54) is 11.3 Å². The molecule has 1 amide bonds. The van der Waals surface area contributed by atoms with Crippen molar-refractivity contribution >= 4 is 14.2 Å². The van der Waals surface area contributed by atoms with E-state index in [0.717, 1.165) is 31.7 Å². The number of nitrogens with two attached hydrogens (primary N) is 1. The molecule has 0 aromatic rings. The molecule has 1 fully saturated rings. The molecule has 0 aromatic carbocycles. The van der Waals surface area contributed by atoms with Crippen LogP contribution in [-0.2, 0) is 4.74 Å². The van der Waals surface area contributed by atoms with Crippen LogP contribution in [0.3, 0.4) is 0 Å². The van der Waals surface area contributed by atoms with Crippen molar-refractivity contribution in [2.75, 3.05) is 20.2 Å². The number of carbonyl (C=O) groups is 1. The number of carbonyl (C=O) groups excluding carboxylic acids is 1. The number of likely N-dealkylation sites (N-methyl/N-ethyl adjacent to an activating group) is 1. The van der Waals surface area contributed by atoms with E-state index < -0.39 is 13.7 Å². The fraction of sp³-hybridized carbons (Fsp3) is 0.938. The first kappa shape index (κ1) is 19.5. The summed E-state index contributed by atoms with van der Waals surface area (Å²) in [6, 6.07) is 0.760. The van der Waals surface area contributed by atoms with Crippen LogP contribution in [0.25, 0.3) is 0 Å². The summed E-state index contributed by atoms with van der Waals surface area (Å²) in [6.45, 7) is 7.67. The minimum Gasteiger partial charge on any atom is -0.450 e. The molecule has 0 spiro atoms. The molecule has 0 aromatic heterocycles. The molecule has 1 rings (SSSR count). The van der Waals surface area contributed by atoms with Crippen LogP contribution in [0.2, 0.25) is 25.7 Å². The van der Waals surface area contributed by atoms with Gasteiger partial charge in [0.15, 0.2) is 0 Å². The zero-order chi connectivity index (χ0) is 16.8. The van der Waals surface area contributed by atoms with Crippen molar-refractivity contribution in [2.24, 2.45) is 5.73 Å². The Labute approximate surface area is 136 Å². The third-order valence-electron chi connectivity index (χ3n) is 4.32. The second-order valence-electron chi connectivity index (χ2n) is 8.05. The average molecular weight is 331 g/mol. The fourth-order valence-electron chi connectivity index (χ4n) is 2.95. The van der Waals surface area contributed by atoms with Crippen molar-refractivity contribution in [1.29, 1.82) is 0 Å². The van der Waals surface area contributed by atoms with E-state index in [9.17, 15) is 9.90 Å². The van der Waals surface area contributed by atoms with E-state index in [2.05, 4.69) is 19.6 Å². The third-order valence-corrected chi connectivity index (χ3v) is 6.03. The highest BCUT2D eigenvalue weighted by atomic mass is 28.3. The molecule has 1 aliphatic rings. The molecule has 0 saturated heterocycles. The second kappa shape index (κ2) is 8.31. The predicted molar refractivity (Wildman–Crippen MR) is 92.8 cm³/mol. The zero-order valence-corrected chi connectivity index (χ0v) is 15.7. The van der Waals surface area contributed by atoms with Gasteiger partial charge in [0, 0.05) is 27.7 Å². The topological polar surface area (TPSA) is 75.8 Å². The smallest absolute Gasteiger partial charge is 0.409 e. The van der Waals surface area contributed by atoms with E-state index in [1.54, 1.807) is 7.05 Å². The first-order chi connectivity index (χ1) is 10.1. The molecule has 0 heterocycles. The van der Waals surface area contributed by atoms with Gasteiger partial charge in [-0.2, -0.15) is 0 Å². The SMILES string of the molecule is CN(CC(N)CC1(O)CCCCC1)C(=O)OCC[Si](C)(C)C. The predicted octanol–water partition coefficient (Wildman–Crippen LogP) is 2.81. The Morgan fingerprint density at radius 1 is 1.32 bits per heavy atom. The van der Waals surface area contributed by atoms with Gasteiger partial charge in [0.1, 0.15) is 0 Å². The van der Waals surface area contributed by atoms with Crippen molar-refractivity contribution in [3.05, 3.63) is 0 Å². The maximum absolute atomic E-state index is 11.9. The standard InChI is InChI=1S/C16H34N2O3Si/c1-18(15(19)21-10-11-22(2,3)4)13-14(17)12-16(20)8-6-5-7-9-16/h14,20H,5-13,17H2,1-4H3. The molecule has 1 saturated carbocycles. The van der Waals surface area contributed by atoms with E-state index in [-0.39, 0.29) is 12.1 Å². The number of ether oxygens (including phenoxy) is 1. The van der Waals surface area contributed by atoms with Crippen LogP contribution in [-0.4, -0.2) is 56.0 Å². The van der Waals surface area contributed by atoms with Crippen LogP contribution in [0.1, 0.15) is 38.5 Å². The van der Waals surface area contributed by atoms with E-state index in [1.807, 2.05) is 0 Å². The molecule has 0 aliphatic heterocycles. The minimum atomic E-state index is -1.18. The lowest BCUT2D eigenvalue weighted by Crippen LogP contribution is -2.45. The number of nitrogens with zero attached hydrogens (tertiary/aromatic N) is 1. The number of amides is 1. The first-order valence-electron chi connectivity index (χ1n) is 8.47. The lowest BCUT2D eigenvalue weighted by atomic mass is 9.80. The van der Waals surface area contributed by atoms with Crippen LogP contribution >= 0.6 is 0 Å². The molecule has 1 atom stereocenters. The Balaban J connectivity index is 2.30. The average Bonchev–Trinajstić information content (AvgIpc) is 2.36. The second-order valence-corrected chi connectivity index (χ2v) is 13.7. The molecule has 5 nitrogen and oxygen atoms in total. The molecular weight excluding hydrogens is 296 g/mol. The number of hydrogen-bond donors (Lipinski definition) is 2. The van der Waals surface area contributed by atoms with Gasteiger partial charge < -0.3 is 20.5 Å². The molecule has 130 valence electrons. The number of aliphatic hydroxyl groups is 1. The van der Waals surface area contributed by atoms with E-state index in [0.29, 0.717) is 19.6 Å². The maximum Gasteiger partial charge on any atom is 0.409 e. The Bertz CT molecular complexity index is 352. The van der Waals surface area contributed by atoms with Gasteiger partial charge in [0.2, 0.25) is 0 Å². The van der Waals surface area contributed by atoms with Crippen molar-refractivity contribution in [3.63, 3.8) is 0 Å². The zero-order valence-electron chi connectivity index (χ0n) is 14.7. The summed E-state index contributed by atoms with van der Waals surface area (Å²) < 4.78 is 5.30. The summed E-state index contributed by atoms with van der Waals surface area (Å²) in [4.78, 5) is 13.5. The van der Waals surface area contributed by atoms with Crippen molar-refractivity contribution in [1.82, 2.24) is 4.90 Å². The van der Waals surface area contributed by atoms with E-state index >= 15 is 0 Å². The highest BCUT2D eigenvalue weighted by Crippen LogP contribution is 2.31. The van der Waals surface area contributed by atoms with Crippen LogP contribution in [0.5, 0.6) is 0 Å². The molecular formula is C16H34N2O3Si. The molecule has 0 bridgehead atoms. The third kappa shape index (κ3) is 7.60. The highest BCUT2D eigenvalue weighted by molar-refractivity contribution is 6.76. The summed E-state index contributed by atoms with van der Waals surface area (Å²) in [6.07, 6.45) is 5.22. The molecule has 3 N–H and O–H groups in total. The molecule has 1 unspecified atom stereocenters. The van der Waals surface area contributed by atoms with E-state index in [4.69, 9.17) is 10.5 Å². The van der Waals surface area contributed by atoms with Gasteiger partial charge in [-0.05, 0) is 25.3 Å². The van der Waals surface area contributed by atoms with Crippen molar-refractivity contribution in [3.8, 4) is 0 Å². The molecule has 22 heavy (non-hydrogen) atoms. The Morgan fingerprint density at radius 3 is 2.45 bits per heavy atom. The molecule has 0 radical (unpaired) electrons. The van der Waals surface area contributed by atoms with Crippen LogP contribution in [0, 0.1) is 0 Å². The monoisotopic (exact) mass is 330 g/mol. The highest BCUT2D eigenvalue weighted by Gasteiger charge is 2.31. The summed E-state index contributed by atoms with van der Waals surface area (Å²) in [5.41, 5.74) is 5.49. The summed E-state index contributed by atoms with van der Waals surface area (Å²) >= 11 is 0. The van der Waals surface area contributed by atoms with Gasteiger partial charge in [-0.3, -0.25) is 0 Å². The quantitative estimate of drug-likeness (QED) is 0.704. The summed E-state index contributed by atoms with van der Waals surface area (Å²) in [5, 5.41) is 10.5. The van der Waals surface area contributed by atoms with Gasteiger partial charge in [0.05, 0.1) is 12.2 Å². The summed E-state index contributed by atoms with van der Waals surface area (Å²) in [5.74, 6) is 0. The lowest BCUT2D eigenvalue weighted by molar-refractivity contribution is -0.0113. The Hall–Kier alpha value is -0.593.